The van der Waals surface area contributed by atoms with Crippen molar-refractivity contribution in [1.29, 1.82) is 0 Å². The van der Waals surface area contributed by atoms with Gasteiger partial charge in [0.05, 0.1) is 24.9 Å². The Hall–Kier alpha value is -2.13. The van der Waals surface area contributed by atoms with Crippen LogP contribution in [0.5, 0.6) is 5.75 Å². The summed E-state index contributed by atoms with van der Waals surface area (Å²) < 4.78 is 45.1. The number of halogens is 2. The molecule has 29 heavy (non-hydrogen) atoms. The Labute approximate surface area is 169 Å². The molecule has 0 aliphatic carbocycles. The average molecular weight is 413 g/mol. The predicted molar refractivity (Wildman–Crippen MR) is 104 cm³/mol. The lowest BCUT2D eigenvalue weighted by Gasteiger charge is -2.36. The van der Waals surface area contributed by atoms with Crippen LogP contribution in [0.25, 0.3) is 0 Å². The van der Waals surface area contributed by atoms with Gasteiger partial charge in [-0.05, 0) is 20.8 Å². The number of hydrogen-bond acceptors (Lipinski definition) is 6. The molecule has 1 aromatic carbocycles. The Morgan fingerprint density at radius 3 is 2.62 bits per heavy atom. The Kier molecular flexibility index (Phi) is 6.79. The van der Waals surface area contributed by atoms with E-state index in [1.807, 2.05) is 4.90 Å². The zero-order valence-corrected chi connectivity index (χ0v) is 17.2. The lowest BCUT2D eigenvalue weighted by atomic mass is 10.2. The highest BCUT2D eigenvalue weighted by Crippen LogP contribution is 2.29. The minimum Gasteiger partial charge on any atom is -0.488 e. The molecule has 0 aromatic heterocycles. The van der Waals surface area contributed by atoms with Gasteiger partial charge < -0.3 is 24.4 Å². The second kappa shape index (κ2) is 9.13. The van der Waals surface area contributed by atoms with Gasteiger partial charge in [-0.1, -0.05) is 0 Å². The van der Waals surface area contributed by atoms with E-state index in [-0.39, 0.29) is 19.0 Å². The first-order valence-electron chi connectivity index (χ1n) is 9.89. The van der Waals surface area contributed by atoms with Crippen LogP contribution in [0.1, 0.15) is 20.8 Å². The van der Waals surface area contributed by atoms with E-state index in [1.165, 1.54) is 11.0 Å². The Morgan fingerprint density at radius 1 is 1.21 bits per heavy atom. The Balaban J connectivity index is 1.69. The van der Waals surface area contributed by atoms with Crippen molar-refractivity contribution in [3.8, 4) is 5.75 Å². The number of rotatable bonds is 4. The van der Waals surface area contributed by atoms with Crippen molar-refractivity contribution in [2.45, 2.75) is 32.4 Å². The molecule has 2 aliphatic heterocycles. The maximum atomic E-state index is 14.3. The van der Waals surface area contributed by atoms with Crippen LogP contribution >= 0.6 is 0 Å². The normalized spacial score (nSPS) is 20.5. The van der Waals surface area contributed by atoms with Crippen LogP contribution in [-0.4, -0.2) is 75.2 Å². The summed E-state index contributed by atoms with van der Waals surface area (Å²) in [4.78, 5) is 15.9. The summed E-state index contributed by atoms with van der Waals surface area (Å²) in [5, 5.41) is 3.20. The highest BCUT2D eigenvalue weighted by atomic mass is 19.1. The van der Waals surface area contributed by atoms with Crippen LogP contribution < -0.4 is 15.0 Å². The lowest BCUT2D eigenvalue weighted by Crippen LogP contribution is -2.52. The molecule has 0 saturated carbocycles. The number of piperazine rings is 1. The van der Waals surface area contributed by atoms with Crippen molar-refractivity contribution in [1.82, 2.24) is 10.2 Å². The highest BCUT2D eigenvalue weighted by Gasteiger charge is 2.32. The third kappa shape index (κ3) is 5.70. The summed E-state index contributed by atoms with van der Waals surface area (Å²) in [7, 11) is 0. The topological polar surface area (TPSA) is 63.3 Å². The molecule has 3 rings (SSSR count). The number of amides is 1. The van der Waals surface area contributed by atoms with E-state index in [9.17, 15) is 13.6 Å². The SMILES string of the molecule is CC(C)(C)OC(=O)N1CCOCC1COc1cc(N2CCNCC2)c(F)cc1F. The molecule has 0 bridgehead atoms. The van der Waals surface area contributed by atoms with Gasteiger partial charge in [-0.25, -0.2) is 13.6 Å². The number of benzene rings is 1. The maximum absolute atomic E-state index is 14.3. The van der Waals surface area contributed by atoms with Crippen molar-refractivity contribution >= 4 is 11.8 Å². The van der Waals surface area contributed by atoms with Crippen LogP contribution in [0.4, 0.5) is 19.3 Å². The molecule has 1 N–H and O–H groups in total. The molecular weight excluding hydrogens is 384 g/mol. The minimum atomic E-state index is -0.776. The van der Waals surface area contributed by atoms with Gasteiger partial charge in [0.2, 0.25) is 0 Å². The predicted octanol–water partition coefficient (Wildman–Crippen LogP) is 2.39. The molecule has 1 unspecified atom stereocenters. The molecule has 1 atom stereocenters. The van der Waals surface area contributed by atoms with Crippen molar-refractivity contribution in [3.63, 3.8) is 0 Å². The van der Waals surface area contributed by atoms with Crippen molar-refractivity contribution in [2.24, 2.45) is 0 Å². The molecule has 7 nitrogen and oxygen atoms in total. The van der Waals surface area contributed by atoms with E-state index in [4.69, 9.17) is 14.2 Å². The second-order valence-electron chi connectivity index (χ2n) is 8.18. The van der Waals surface area contributed by atoms with Crippen LogP contribution in [0.15, 0.2) is 12.1 Å². The zero-order valence-electron chi connectivity index (χ0n) is 17.2. The lowest BCUT2D eigenvalue weighted by molar-refractivity contribution is -0.0420. The summed E-state index contributed by atoms with van der Waals surface area (Å²) in [6.07, 6.45) is -0.463. The number of carbonyl (C=O) groups excluding carboxylic acids is 1. The fraction of sp³-hybridized carbons (Fsp3) is 0.650. The van der Waals surface area contributed by atoms with E-state index >= 15 is 0 Å². The molecule has 0 radical (unpaired) electrons. The fourth-order valence-corrected chi connectivity index (χ4v) is 3.32. The summed E-state index contributed by atoms with van der Waals surface area (Å²) in [5.74, 6) is -1.44. The molecule has 1 aromatic rings. The molecule has 2 aliphatic rings. The van der Waals surface area contributed by atoms with E-state index in [0.29, 0.717) is 31.9 Å². The molecule has 2 fully saturated rings. The van der Waals surface area contributed by atoms with Crippen molar-refractivity contribution in [3.05, 3.63) is 23.8 Å². The molecular formula is C20H29F2N3O4. The number of carbonyl (C=O) groups is 1. The van der Waals surface area contributed by atoms with Crippen LogP contribution in [0.3, 0.4) is 0 Å². The van der Waals surface area contributed by atoms with Crippen LogP contribution in [-0.2, 0) is 9.47 Å². The van der Waals surface area contributed by atoms with Gasteiger partial charge in [0, 0.05) is 44.9 Å². The number of morpholine rings is 1. The number of anilines is 1. The van der Waals surface area contributed by atoms with Gasteiger partial charge in [-0.3, -0.25) is 4.90 Å². The van der Waals surface area contributed by atoms with E-state index in [2.05, 4.69) is 5.32 Å². The summed E-state index contributed by atoms with van der Waals surface area (Å²) in [6, 6.07) is 1.80. The van der Waals surface area contributed by atoms with Gasteiger partial charge >= 0.3 is 6.09 Å². The number of nitrogens with zero attached hydrogens (tertiary/aromatic N) is 2. The largest absolute Gasteiger partial charge is 0.488 e. The third-order valence-corrected chi connectivity index (χ3v) is 4.75. The van der Waals surface area contributed by atoms with Gasteiger partial charge in [-0.15, -0.1) is 0 Å². The average Bonchev–Trinajstić information content (AvgIpc) is 2.67. The number of nitrogens with one attached hydrogen (secondary N) is 1. The van der Waals surface area contributed by atoms with E-state index in [0.717, 1.165) is 19.2 Å². The minimum absolute atomic E-state index is 0.0167. The number of hydrogen-bond donors (Lipinski definition) is 1. The summed E-state index contributed by atoms with van der Waals surface area (Å²) in [5.41, 5.74) is -0.311. The second-order valence-corrected chi connectivity index (χ2v) is 8.18. The molecule has 162 valence electrons. The monoisotopic (exact) mass is 413 g/mol. The van der Waals surface area contributed by atoms with E-state index < -0.39 is 29.4 Å². The van der Waals surface area contributed by atoms with Crippen molar-refractivity contribution in [2.75, 3.05) is 57.4 Å². The molecule has 2 saturated heterocycles. The van der Waals surface area contributed by atoms with Crippen LogP contribution in [0.2, 0.25) is 0 Å². The van der Waals surface area contributed by atoms with Gasteiger partial charge in [0.15, 0.2) is 11.6 Å². The summed E-state index contributed by atoms with van der Waals surface area (Å²) in [6.45, 7) is 9.14. The molecule has 9 heteroatoms. The Bertz CT molecular complexity index is 720. The quantitative estimate of drug-likeness (QED) is 0.818. The number of ether oxygens (including phenoxy) is 3. The standard InChI is InChI=1S/C20H29F2N3O4/c1-20(2,3)29-19(26)25-8-9-27-12-14(25)13-28-18-11-17(15(21)10-16(18)22)24-6-4-23-5-7-24/h10-11,14,23H,4-9,12-13H2,1-3H3. The third-order valence-electron chi connectivity index (χ3n) is 4.75. The first-order chi connectivity index (χ1) is 13.7. The molecule has 1 amide bonds. The Morgan fingerprint density at radius 2 is 1.93 bits per heavy atom. The first-order valence-corrected chi connectivity index (χ1v) is 9.89. The van der Waals surface area contributed by atoms with Crippen molar-refractivity contribution < 1.29 is 27.8 Å². The van der Waals surface area contributed by atoms with E-state index in [1.54, 1.807) is 20.8 Å². The zero-order chi connectivity index (χ0) is 21.0. The van der Waals surface area contributed by atoms with Gasteiger partial charge in [-0.2, -0.15) is 0 Å². The first kappa shape index (κ1) is 21.6. The maximum Gasteiger partial charge on any atom is 0.410 e. The summed E-state index contributed by atoms with van der Waals surface area (Å²) >= 11 is 0. The van der Waals surface area contributed by atoms with Gasteiger partial charge in [0.25, 0.3) is 0 Å². The molecule has 0 spiro atoms. The fourth-order valence-electron chi connectivity index (χ4n) is 3.32. The molecule has 2 heterocycles. The van der Waals surface area contributed by atoms with Crippen LogP contribution in [0, 0.1) is 11.6 Å². The smallest absolute Gasteiger partial charge is 0.410 e. The van der Waals surface area contributed by atoms with Gasteiger partial charge in [0.1, 0.15) is 18.0 Å². The highest BCUT2D eigenvalue weighted by molar-refractivity contribution is 5.68.